The van der Waals surface area contributed by atoms with E-state index in [2.05, 4.69) is 24.1 Å². The van der Waals surface area contributed by atoms with Gasteiger partial charge in [0.25, 0.3) is 5.91 Å². The standard InChI is InChI=1S/C23H29FN2O2/c1-16(2)26-12-4-5-17(15-26)14-25-23(28)20-7-3-6-19(13-20)22(27)18-8-10-21(24)11-9-18/h3,6-11,13,16-17,22,27H,4-5,12,14-15H2,1-2H3,(H,25,28). The third-order valence-corrected chi connectivity index (χ3v) is 5.48. The molecule has 2 aromatic rings. The lowest BCUT2D eigenvalue weighted by Crippen LogP contribution is -2.43. The van der Waals surface area contributed by atoms with Crippen LogP contribution in [0.4, 0.5) is 4.39 Å². The first-order valence-corrected chi connectivity index (χ1v) is 10.00. The van der Waals surface area contributed by atoms with Crippen LogP contribution in [0.25, 0.3) is 0 Å². The number of amides is 1. The number of piperidine rings is 1. The van der Waals surface area contributed by atoms with Crippen LogP contribution in [0.2, 0.25) is 0 Å². The van der Waals surface area contributed by atoms with Crippen molar-refractivity contribution in [2.75, 3.05) is 19.6 Å². The second-order valence-electron chi connectivity index (χ2n) is 7.89. The molecule has 1 saturated heterocycles. The Morgan fingerprint density at radius 1 is 1.21 bits per heavy atom. The van der Waals surface area contributed by atoms with Crippen LogP contribution in [0, 0.1) is 11.7 Å². The van der Waals surface area contributed by atoms with E-state index in [1.54, 1.807) is 36.4 Å². The molecule has 28 heavy (non-hydrogen) atoms. The van der Waals surface area contributed by atoms with Gasteiger partial charge in [-0.25, -0.2) is 4.39 Å². The smallest absolute Gasteiger partial charge is 0.251 e. The van der Waals surface area contributed by atoms with E-state index < -0.39 is 6.10 Å². The van der Waals surface area contributed by atoms with Gasteiger partial charge in [0.1, 0.15) is 11.9 Å². The summed E-state index contributed by atoms with van der Waals surface area (Å²) < 4.78 is 13.1. The number of carbonyl (C=O) groups excluding carboxylic acids is 1. The first-order chi connectivity index (χ1) is 13.4. The van der Waals surface area contributed by atoms with Gasteiger partial charge in [0.15, 0.2) is 0 Å². The average molecular weight is 384 g/mol. The van der Waals surface area contributed by atoms with Crippen molar-refractivity contribution < 1.29 is 14.3 Å². The van der Waals surface area contributed by atoms with E-state index in [1.165, 1.54) is 12.1 Å². The molecule has 0 spiro atoms. The number of halogens is 1. The van der Waals surface area contributed by atoms with Crippen LogP contribution in [0.1, 0.15) is 54.3 Å². The highest BCUT2D eigenvalue weighted by atomic mass is 19.1. The van der Waals surface area contributed by atoms with Gasteiger partial charge in [0.05, 0.1) is 0 Å². The Bertz CT molecular complexity index is 791. The highest BCUT2D eigenvalue weighted by Gasteiger charge is 2.22. The molecule has 2 N–H and O–H groups in total. The van der Waals surface area contributed by atoms with Gasteiger partial charge < -0.3 is 15.3 Å². The van der Waals surface area contributed by atoms with Gasteiger partial charge in [-0.3, -0.25) is 4.79 Å². The van der Waals surface area contributed by atoms with Gasteiger partial charge in [-0.15, -0.1) is 0 Å². The average Bonchev–Trinajstić information content (AvgIpc) is 2.72. The van der Waals surface area contributed by atoms with Crippen molar-refractivity contribution in [2.24, 2.45) is 5.92 Å². The van der Waals surface area contributed by atoms with Crippen molar-refractivity contribution in [1.82, 2.24) is 10.2 Å². The van der Waals surface area contributed by atoms with Crippen LogP contribution < -0.4 is 5.32 Å². The van der Waals surface area contributed by atoms with E-state index in [4.69, 9.17) is 0 Å². The Kier molecular flexibility index (Phi) is 6.81. The van der Waals surface area contributed by atoms with E-state index in [0.29, 0.717) is 35.2 Å². The summed E-state index contributed by atoms with van der Waals surface area (Å²) in [4.78, 5) is 15.1. The molecular formula is C23H29FN2O2. The molecule has 2 unspecified atom stereocenters. The van der Waals surface area contributed by atoms with Crippen LogP contribution in [0.15, 0.2) is 48.5 Å². The zero-order valence-corrected chi connectivity index (χ0v) is 16.6. The molecule has 1 amide bonds. The van der Waals surface area contributed by atoms with Crippen molar-refractivity contribution in [3.8, 4) is 0 Å². The molecule has 3 rings (SSSR count). The third-order valence-electron chi connectivity index (χ3n) is 5.48. The number of hydrogen-bond acceptors (Lipinski definition) is 3. The van der Waals surface area contributed by atoms with Gasteiger partial charge >= 0.3 is 0 Å². The van der Waals surface area contributed by atoms with Gasteiger partial charge in [-0.1, -0.05) is 24.3 Å². The van der Waals surface area contributed by atoms with Gasteiger partial charge in [-0.05, 0) is 74.5 Å². The molecule has 1 aliphatic heterocycles. The number of likely N-dealkylation sites (tertiary alicyclic amines) is 1. The molecule has 5 heteroatoms. The molecular weight excluding hydrogens is 355 g/mol. The molecule has 0 bridgehead atoms. The largest absolute Gasteiger partial charge is 0.384 e. The zero-order valence-electron chi connectivity index (χ0n) is 16.6. The second kappa shape index (κ2) is 9.30. The van der Waals surface area contributed by atoms with Crippen molar-refractivity contribution in [3.05, 3.63) is 71.0 Å². The summed E-state index contributed by atoms with van der Waals surface area (Å²) in [5, 5.41) is 13.6. The molecule has 0 saturated carbocycles. The van der Waals surface area contributed by atoms with E-state index >= 15 is 0 Å². The monoisotopic (exact) mass is 384 g/mol. The van der Waals surface area contributed by atoms with Crippen molar-refractivity contribution >= 4 is 5.91 Å². The summed E-state index contributed by atoms with van der Waals surface area (Å²) in [6.45, 7) is 7.22. The number of nitrogens with one attached hydrogen (secondary N) is 1. The maximum atomic E-state index is 13.1. The quantitative estimate of drug-likeness (QED) is 0.797. The highest BCUT2D eigenvalue weighted by molar-refractivity contribution is 5.94. The summed E-state index contributed by atoms with van der Waals surface area (Å²) in [7, 11) is 0. The first-order valence-electron chi connectivity index (χ1n) is 10.00. The zero-order chi connectivity index (χ0) is 20.1. The molecule has 0 aromatic heterocycles. The maximum absolute atomic E-state index is 13.1. The van der Waals surface area contributed by atoms with E-state index in [0.717, 1.165) is 25.9 Å². The third kappa shape index (κ3) is 5.18. The normalized spacial score (nSPS) is 18.8. The Balaban J connectivity index is 1.61. The lowest BCUT2D eigenvalue weighted by Gasteiger charge is -2.35. The Morgan fingerprint density at radius 3 is 2.68 bits per heavy atom. The summed E-state index contributed by atoms with van der Waals surface area (Å²) in [6, 6.07) is 13.3. The lowest BCUT2D eigenvalue weighted by atomic mass is 9.96. The molecule has 2 atom stereocenters. The van der Waals surface area contributed by atoms with Crippen LogP contribution >= 0.6 is 0 Å². The maximum Gasteiger partial charge on any atom is 0.251 e. The molecule has 4 nitrogen and oxygen atoms in total. The minimum atomic E-state index is -0.897. The van der Waals surface area contributed by atoms with Gasteiger partial charge in [-0.2, -0.15) is 0 Å². The van der Waals surface area contributed by atoms with Crippen molar-refractivity contribution in [3.63, 3.8) is 0 Å². The highest BCUT2D eigenvalue weighted by Crippen LogP contribution is 2.23. The summed E-state index contributed by atoms with van der Waals surface area (Å²) in [5.41, 5.74) is 1.73. The predicted octanol–water partition coefficient (Wildman–Crippen LogP) is 3.76. The summed E-state index contributed by atoms with van der Waals surface area (Å²) in [6.07, 6.45) is 1.40. The first kappa shape index (κ1) is 20.5. The Hall–Kier alpha value is -2.24. The van der Waals surface area contributed by atoms with E-state index in [9.17, 15) is 14.3 Å². The molecule has 1 heterocycles. The summed E-state index contributed by atoms with van der Waals surface area (Å²) >= 11 is 0. The fourth-order valence-electron chi connectivity index (χ4n) is 3.76. The number of benzene rings is 2. The Labute approximate surface area is 166 Å². The Morgan fingerprint density at radius 2 is 1.96 bits per heavy atom. The molecule has 1 aliphatic rings. The lowest BCUT2D eigenvalue weighted by molar-refractivity contribution is 0.0922. The van der Waals surface area contributed by atoms with Crippen LogP contribution in [0.3, 0.4) is 0 Å². The molecule has 2 aromatic carbocycles. The van der Waals surface area contributed by atoms with Crippen molar-refractivity contribution in [1.29, 1.82) is 0 Å². The fourth-order valence-corrected chi connectivity index (χ4v) is 3.76. The number of hydrogen-bond donors (Lipinski definition) is 2. The van der Waals surface area contributed by atoms with E-state index in [1.807, 2.05) is 0 Å². The van der Waals surface area contributed by atoms with Crippen LogP contribution in [0.5, 0.6) is 0 Å². The molecule has 0 radical (unpaired) electrons. The molecule has 1 fully saturated rings. The van der Waals surface area contributed by atoms with Crippen LogP contribution in [-0.4, -0.2) is 41.6 Å². The van der Waals surface area contributed by atoms with Crippen molar-refractivity contribution in [2.45, 2.75) is 38.8 Å². The predicted molar refractivity (Wildman–Crippen MR) is 109 cm³/mol. The number of aliphatic hydroxyl groups excluding tert-OH is 1. The van der Waals surface area contributed by atoms with Crippen LogP contribution in [-0.2, 0) is 0 Å². The second-order valence-corrected chi connectivity index (χ2v) is 7.89. The number of carbonyl (C=O) groups is 1. The SMILES string of the molecule is CC(C)N1CCCC(CNC(=O)c2cccc(C(O)c3ccc(F)cc3)c2)C1. The number of aliphatic hydroxyl groups is 1. The number of nitrogens with zero attached hydrogens (tertiary/aromatic N) is 1. The summed E-state index contributed by atoms with van der Waals surface area (Å²) in [5.74, 6) is -0.00858. The molecule has 150 valence electrons. The minimum Gasteiger partial charge on any atom is -0.384 e. The van der Waals surface area contributed by atoms with Gasteiger partial charge in [0, 0.05) is 24.7 Å². The number of rotatable bonds is 6. The fraction of sp³-hybridized carbons (Fsp3) is 0.435. The van der Waals surface area contributed by atoms with Gasteiger partial charge in [0.2, 0.25) is 0 Å². The topological polar surface area (TPSA) is 52.6 Å². The van der Waals surface area contributed by atoms with E-state index in [-0.39, 0.29) is 11.7 Å². The minimum absolute atomic E-state index is 0.130. The molecule has 0 aliphatic carbocycles.